The SMILES string of the molecule is Cc1nc(CN(C)Cc2ccc(C(=O)O)cc2F)cs1. The van der Waals surface area contributed by atoms with Gasteiger partial charge in [-0.25, -0.2) is 14.2 Å². The van der Waals surface area contributed by atoms with Gasteiger partial charge in [0.25, 0.3) is 0 Å². The molecular formula is C14H15FN2O2S. The highest BCUT2D eigenvalue weighted by atomic mass is 32.1. The van der Waals surface area contributed by atoms with Crippen molar-refractivity contribution in [3.05, 3.63) is 51.2 Å². The lowest BCUT2D eigenvalue weighted by Gasteiger charge is -2.16. The molecule has 0 aliphatic rings. The number of hydrogen-bond acceptors (Lipinski definition) is 4. The van der Waals surface area contributed by atoms with Crippen LogP contribution in [0.2, 0.25) is 0 Å². The second kappa shape index (κ2) is 6.11. The first-order valence-electron chi connectivity index (χ1n) is 6.07. The first-order chi connectivity index (χ1) is 9.45. The molecule has 6 heteroatoms. The lowest BCUT2D eigenvalue weighted by Crippen LogP contribution is -2.18. The Morgan fingerprint density at radius 3 is 2.75 bits per heavy atom. The van der Waals surface area contributed by atoms with E-state index in [0.29, 0.717) is 18.7 Å². The van der Waals surface area contributed by atoms with Gasteiger partial charge in [-0.3, -0.25) is 4.90 Å². The van der Waals surface area contributed by atoms with Crippen molar-refractivity contribution in [2.75, 3.05) is 7.05 Å². The molecule has 1 N–H and O–H groups in total. The maximum Gasteiger partial charge on any atom is 0.335 e. The standard InChI is InChI=1S/C14H15FN2O2S/c1-9-16-12(8-20-9)7-17(2)6-11-4-3-10(14(18)19)5-13(11)15/h3-5,8H,6-7H2,1-2H3,(H,18,19). The van der Waals surface area contributed by atoms with Crippen LogP contribution in [0.3, 0.4) is 0 Å². The molecule has 106 valence electrons. The molecule has 0 spiro atoms. The van der Waals surface area contributed by atoms with Gasteiger partial charge in [0, 0.05) is 24.0 Å². The van der Waals surface area contributed by atoms with Gasteiger partial charge >= 0.3 is 5.97 Å². The van der Waals surface area contributed by atoms with Crippen LogP contribution in [0, 0.1) is 12.7 Å². The summed E-state index contributed by atoms with van der Waals surface area (Å²) in [5, 5.41) is 11.8. The number of rotatable bonds is 5. The molecule has 0 unspecified atom stereocenters. The van der Waals surface area contributed by atoms with E-state index in [2.05, 4.69) is 4.98 Å². The lowest BCUT2D eigenvalue weighted by atomic mass is 10.1. The minimum absolute atomic E-state index is 0.0379. The number of thiazole rings is 1. The van der Waals surface area contributed by atoms with Crippen LogP contribution < -0.4 is 0 Å². The summed E-state index contributed by atoms with van der Waals surface area (Å²) in [7, 11) is 1.87. The van der Waals surface area contributed by atoms with E-state index in [0.717, 1.165) is 16.8 Å². The summed E-state index contributed by atoms with van der Waals surface area (Å²) in [6.45, 7) is 2.98. The van der Waals surface area contributed by atoms with E-state index in [1.165, 1.54) is 12.1 Å². The van der Waals surface area contributed by atoms with Crippen LogP contribution >= 0.6 is 11.3 Å². The van der Waals surface area contributed by atoms with Crippen LogP contribution in [0.25, 0.3) is 0 Å². The number of nitrogens with zero attached hydrogens (tertiary/aromatic N) is 2. The van der Waals surface area contributed by atoms with E-state index < -0.39 is 11.8 Å². The number of carboxylic acid groups (broad SMARTS) is 1. The fraction of sp³-hybridized carbons (Fsp3) is 0.286. The summed E-state index contributed by atoms with van der Waals surface area (Å²) in [5.74, 6) is -1.62. The summed E-state index contributed by atoms with van der Waals surface area (Å²) in [6.07, 6.45) is 0. The minimum Gasteiger partial charge on any atom is -0.478 e. The molecule has 1 heterocycles. The summed E-state index contributed by atoms with van der Waals surface area (Å²) in [5.41, 5.74) is 1.39. The Morgan fingerprint density at radius 1 is 1.45 bits per heavy atom. The first kappa shape index (κ1) is 14.6. The average Bonchev–Trinajstić information content (AvgIpc) is 2.77. The predicted octanol–water partition coefficient (Wildman–Crippen LogP) is 2.92. The van der Waals surface area contributed by atoms with E-state index >= 15 is 0 Å². The van der Waals surface area contributed by atoms with Crippen molar-refractivity contribution >= 4 is 17.3 Å². The summed E-state index contributed by atoms with van der Waals surface area (Å²) >= 11 is 1.58. The zero-order chi connectivity index (χ0) is 14.7. The highest BCUT2D eigenvalue weighted by Gasteiger charge is 2.11. The zero-order valence-electron chi connectivity index (χ0n) is 11.3. The quantitative estimate of drug-likeness (QED) is 0.921. The molecule has 0 fully saturated rings. The monoisotopic (exact) mass is 294 g/mol. The van der Waals surface area contributed by atoms with E-state index in [1.54, 1.807) is 11.3 Å². The Kier molecular flexibility index (Phi) is 4.46. The van der Waals surface area contributed by atoms with Crippen LogP contribution in [-0.2, 0) is 13.1 Å². The third-order valence-corrected chi connectivity index (χ3v) is 3.66. The van der Waals surface area contributed by atoms with Gasteiger partial charge in [0.05, 0.1) is 16.3 Å². The van der Waals surface area contributed by atoms with Crippen molar-refractivity contribution in [2.24, 2.45) is 0 Å². The van der Waals surface area contributed by atoms with Crippen LogP contribution in [0.4, 0.5) is 4.39 Å². The smallest absolute Gasteiger partial charge is 0.335 e. The molecular weight excluding hydrogens is 279 g/mol. The van der Waals surface area contributed by atoms with Crippen LogP contribution in [-0.4, -0.2) is 28.0 Å². The summed E-state index contributed by atoms with van der Waals surface area (Å²) in [6, 6.07) is 3.99. The number of carbonyl (C=O) groups is 1. The minimum atomic E-state index is -1.12. The number of aryl methyl sites for hydroxylation is 1. The second-order valence-electron chi connectivity index (χ2n) is 4.64. The molecule has 0 aliphatic heterocycles. The molecule has 0 aliphatic carbocycles. The number of halogens is 1. The molecule has 2 aromatic rings. The van der Waals surface area contributed by atoms with Gasteiger partial charge in [-0.05, 0) is 26.1 Å². The molecule has 4 nitrogen and oxygen atoms in total. The highest BCUT2D eigenvalue weighted by Crippen LogP contribution is 2.15. The topological polar surface area (TPSA) is 53.4 Å². The van der Waals surface area contributed by atoms with Gasteiger partial charge in [-0.1, -0.05) is 6.07 Å². The molecule has 1 aromatic heterocycles. The van der Waals surface area contributed by atoms with Gasteiger partial charge in [-0.15, -0.1) is 11.3 Å². The Bertz CT molecular complexity index is 627. The zero-order valence-corrected chi connectivity index (χ0v) is 12.1. The number of aromatic carboxylic acids is 1. The maximum atomic E-state index is 13.8. The molecule has 0 bridgehead atoms. The molecule has 20 heavy (non-hydrogen) atoms. The van der Waals surface area contributed by atoms with Crippen molar-refractivity contribution in [3.63, 3.8) is 0 Å². The van der Waals surface area contributed by atoms with Gasteiger partial charge in [-0.2, -0.15) is 0 Å². The van der Waals surface area contributed by atoms with Gasteiger partial charge < -0.3 is 5.11 Å². The van der Waals surface area contributed by atoms with E-state index in [1.807, 2.05) is 24.3 Å². The largest absolute Gasteiger partial charge is 0.478 e. The fourth-order valence-corrected chi connectivity index (χ4v) is 2.52. The van der Waals surface area contributed by atoms with Gasteiger partial charge in [0.15, 0.2) is 0 Å². The third kappa shape index (κ3) is 3.61. The summed E-state index contributed by atoms with van der Waals surface area (Å²) < 4.78 is 13.8. The summed E-state index contributed by atoms with van der Waals surface area (Å²) in [4.78, 5) is 17.0. The average molecular weight is 294 g/mol. The Balaban J connectivity index is 2.04. The molecule has 0 amide bonds. The third-order valence-electron chi connectivity index (χ3n) is 2.84. The normalized spacial score (nSPS) is 11.0. The Morgan fingerprint density at radius 2 is 2.20 bits per heavy atom. The van der Waals surface area contributed by atoms with Crippen LogP contribution in [0.5, 0.6) is 0 Å². The first-order valence-corrected chi connectivity index (χ1v) is 6.95. The van der Waals surface area contributed by atoms with Crippen LogP contribution in [0.15, 0.2) is 23.6 Å². The van der Waals surface area contributed by atoms with Gasteiger partial charge in [0.2, 0.25) is 0 Å². The van der Waals surface area contributed by atoms with Crippen LogP contribution in [0.1, 0.15) is 26.6 Å². The van der Waals surface area contributed by atoms with Gasteiger partial charge in [0.1, 0.15) is 5.82 Å². The molecule has 0 saturated heterocycles. The molecule has 0 saturated carbocycles. The maximum absolute atomic E-state index is 13.8. The Labute approximate surface area is 120 Å². The number of benzene rings is 1. The van der Waals surface area contributed by atoms with E-state index in [4.69, 9.17) is 5.11 Å². The highest BCUT2D eigenvalue weighted by molar-refractivity contribution is 7.09. The lowest BCUT2D eigenvalue weighted by molar-refractivity contribution is 0.0696. The molecule has 0 atom stereocenters. The fourth-order valence-electron chi connectivity index (χ4n) is 1.91. The molecule has 1 aromatic carbocycles. The number of hydrogen-bond donors (Lipinski definition) is 1. The van der Waals surface area contributed by atoms with Crippen molar-refractivity contribution in [2.45, 2.75) is 20.0 Å². The number of aromatic nitrogens is 1. The number of carboxylic acids is 1. The molecule has 2 rings (SSSR count). The second-order valence-corrected chi connectivity index (χ2v) is 5.70. The Hall–Kier alpha value is -1.79. The van der Waals surface area contributed by atoms with E-state index in [-0.39, 0.29) is 5.56 Å². The van der Waals surface area contributed by atoms with E-state index in [9.17, 15) is 9.18 Å². The predicted molar refractivity (Wildman–Crippen MR) is 75.4 cm³/mol. The van der Waals surface area contributed by atoms with Crippen molar-refractivity contribution in [3.8, 4) is 0 Å². The van der Waals surface area contributed by atoms with Crippen molar-refractivity contribution in [1.82, 2.24) is 9.88 Å². The van der Waals surface area contributed by atoms with Crippen molar-refractivity contribution in [1.29, 1.82) is 0 Å². The molecule has 0 radical (unpaired) electrons. The van der Waals surface area contributed by atoms with Crippen molar-refractivity contribution < 1.29 is 14.3 Å².